The van der Waals surface area contributed by atoms with E-state index in [0.29, 0.717) is 22.8 Å². The summed E-state index contributed by atoms with van der Waals surface area (Å²) in [7, 11) is 0. The van der Waals surface area contributed by atoms with Gasteiger partial charge in [-0.15, -0.1) is 0 Å². The molecule has 0 spiro atoms. The van der Waals surface area contributed by atoms with Crippen molar-refractivity contribution < 1.29 is 9.59 Å². The number of urea groups is 1. The van der Waals surface area contributed by atoms with Crippen molar-refractivity contribution >= 4 is 40.1 Å². The minimum atomic E-state index is -0.428. The lowest BCUT2D eigenvalue weighted by Gasteiger charge is -2.30. The number of hydrogen-bond acceptors (Lipinski definition) is 3. The zero-order valence-corrected chi connectivity index (χ0v) is 11.5. The monoisotopic (exact) mass is 289 g/mol. The second-order valence-electron chi connectivity index (χ2n) is 4.77. The molecule has 5 nitrogen and oxygen atoms in total. The van der Waals surface area contributed by atoms with E-state index in [1.807, 2.05) is 6.07 Å². The number of nitrogens with one attached hydrogen (secondary N) is 1. The summed E-state index contributed by atoms with van der Waals surface area (Å²) in [5.41, 5.74) is 1.30. The van der Waals surface area contributed by atoms with Crippen molar-refractivity contribution in [3.8, 4) is 0 Å². The highest BCUT2D eigenvalue weighted by Gasteiger charge is 2.31. The molecule has 20 heavy (non-hydrogen) atoms. The number of benzene rings is 1. The Morgan fingerprint density at radius 2 is 2.15 bits per heavy atom. The van der Waals surface area contributed by atoms with Crippen LogP contribution in [0.3, 0.4) is 0 Å². The van der Waals surface area contributed by atoms with E-state index in [9.17, 15) is 9.59 Å². The number of carbonyl (C=O) groups excluding carboxylic acids is 2. The van der Waals surface area contributed by atoms with Gasteiger partial charge in [0.05, 0.1) is 22.1 Å². The van der Waals surface area contributed by atoms with Gasteiger partial charge in [-0.25, -0.2) is 4.79 Å². The molecule has 2 aromatic rings. The Hall–Kier alpha value is -2.14. The number of carbonyl (C=O) groups is 2. The molecule has 1 unspecified atom stereocenters. The maximum atomic E-state index is 12.0. The third-order valence-electron chi connectivity index (χ3n) is 3.37. The predicted molar refractivity (Wildman–Crippen MR) is 76.8 cm³/mol. The van der Waals surface area contributed by atoms with Crippen LogP contribution in [0.4, 0.5) is 10.5 Å². The fraction of sp³-hybridized carbons (Fsp3) is 0.214. The summed E-state index contributed by atoms with van der Waals surface area (Å²) in [6.07, 6.45) is 1.65. The summed E-state index contributed by atoms with van der Waals surface area (Å²) in [5, 5.41) is 3.71. The molecule has 2 heterocycles. The molecule has 1 aromatic heterocycles. The van der Waals surface area contributed by atoms with Crippen LogP contribution in [0.1, 0.15) is 6.92 Å². The van der Waals surface area contributed by atoms with Crippen LogP contribution in [0.25, 0.3) is 10.9 Å². The predicted octanol–water partition coefficient (Wildman–Crippen LogP) is 2.58. The van der Waals surface area contributed by atoms with E-state index in [2.05, 4.69) is 10.3 Å². The normalized spacial score (nSPS) is 19.3. The number of aromatic nitrogens is 1. The first-order valence-electron chi connectivity index (χ1n) is 6.23. The van der Waals surface area contributed by atoms with E-state index in [-0.39, 0.29) is 11.8 Å². The van der Waals surface area contributed by atoms with E-state index in [0.717, 1.165) is 5.39 Å². The molecule has 3 amide bonds. The van der Waals surface area contributed by atoms with Gasteiger partial charge in [-0.1, -0.05) is 18.5 Å². The van der Waals surface area contributed by atoms with Crippen LogP contribution < -0.4 is 10.2 Å². The Labute approximate surface area is 120 Å². The number of pyridine rings is 1. The van der Waals surface area contributed by atoms with Crippen LogP contribution in [0.5, 0.6) is 0 Å². The first-order valence-corrected chi connectivity index (χ1v) is 6.61. The number of hydrogen-bond donors (Lipinski definition) is 1. The minimum absolute atomic E-state index is 0.252. The van der Waals surface area contributed by atoms with E-state index in [1.165, 1.54) is 4.90 Å². The molecule has 1 aliphatic heterocycles. The third kappa shape index (κ3) is 2.00. The third-order valence-corrected chi connectivity index (χ3v) is 3.69. The van der Waals surface area contributed by atoms with Crippen molar-refractivity contribution in [2.24, 2.45) is 5.92 Å². The fourth-order valence-electron chi connectivity index (χ4n) is 2.28. The van der Waals surface area contributed by atoms with Crippen LogP contribution in [0, 0.1) is 5.92 Å². The quantitative estimate of drug-likeness (QED) is 0.877. The topological polar surface area (TPSA) is 62.3 Å². The second-order valence-corrected chi connectivity index (χ2v) is 5.18. The molecule has 1 fully saturated rings. The van der Waals surface area contributed by atoms with Gasteiger partial charge < -0.3 is 0 Å². The molecule has 0 bridgehead atoms. The average Bonchev–Trinajstić information content (AvgIpc) is 2.44. The van der Waals surface area contributed by atoms with Gasteiger partial charge in [0, 0.05) is 18.1 Å². The first-order chi connectivity index (χ1) is 9.58. The molecular weight excluding hydrogens is 278 g/mol. The van der Waals surface area contributed by atoms with E-state index >= 15 is 0 Å². The Morgan fingerprint density at radius 3 is 2.95 bits per heavy atom. The highest BCUT2D eigenvalue weighted by Crippen LogP contribution is 2.31. The van der Waals surface area contributed by atoms with Gasteiger partial charge in [-0.2, -0.15) is 0 Å². The number of amides is 3. The van der Waals surface area contributed by atoms with Crippen molar-refractivity contribution in [3.05, 3.63) is 35.5 Å². The molecule has 6 heteroatoms. The van der Waals surface area contributed by atoms with Crippen molar-refractivity contribution in [2.75, 3.05) is 11.4 Å². The van der Waals surface area contributed by atoms with Crippen molar-refractivity contribution in [2.45, 2.75) is 6.92 Å². The lowest BCUT2D eigenvalue weighted by Crippen LogP contribution is -2.54. The van der Waals surface area contributed by atoms with Crippen molar-refractivity contribution in [3.63, 3.8) is 0 Å². The van der Waals surface area contributed by atoms with Gasteiger partial charge in [0.1, 0.15) is 0 Å². The van der Waals surface area contributed by atoms with Gasteiger partial charge in [0.2, 0.25) is 5.91 Å². The number of fused-ring (bicyclic) bond motifs is 1. The van der Waals surface area contributed by atoms with Gasteiger partial charge in [0.25, 0.3) is 0 Å². The van der Waals surface area contributed by atoms with Crippen LogP contribution in [0.2, 0.25) is 5.02 Å². The molecule has 1 N–H and O–H groups in total. The van der Waals surface area contributed by atoms with Crippen LogP contribution in [0.15, 0.2) is 30.5 Å². The van der Waals surface area contributed by atoms with Gasteiger partial charge in [-0.3, -0.25) is 20.0 Å². The highest BCUT2D eigenvalue weighted by molar-refractivity contribution is 6.36. The summed E-state index contributed by atoms with van der Waals surface area (Å²) in [4.78, 5) is 29.3. The Balaban J connectivity index is 2.13. The molecule has 1 atom stereocenters. The maximum absolute atomic E-state index is 12.0. The lowest BCUT2D eigenvalue weighted by atomic mass is 10.1. The number of rotatable bonds is 1. The number of imide groups is 1. The average molecular weight is 290 g/mol. The van der Waals surface area contributed by atoms with E-state index in [4.69, 9.17) is 11.6 Å². The molecule has 102 valence electrons. The molecule has 1 aliphatic rings. The van der Waals surface area contributed by atoms with E-state index < -0.39 is 6.03 Å². The Kier molecular flexibility index (Phi) is 3.06. The molecule has 0 saturated carbocycles. The fourth-order valence-corrected chi connectivity index (χ4v) is 2.50. The number of anilines is 1. The Bertz CT molecular complexity index is 717. The van der Waals surface area contributed by atoms with Crippen molar-refractivity contribution in [1.29, 1.82) is 0 Å². The summed E-state index contributed by atoms with van der Waals surface area (Å²) in [5.74, 6) is -0.514. The summed E-state index contributed by atoms with van der Waals surface area (Å²) in [6, 6.07) is 6.70. The lowest BCUT2D eigenvalue weighted by molar-refractivity contribution is -0.123. The van der Waals surface area contributed by atoms with Gasteiger partial charge in [-0.05, 0) is 24.3 Å². The number of halogens is 1. The SMILES string of the molecule is CC1CN(c2ccc(Cl)c3cccnc23)C(=O)NC1=O. The zero-order chi connectivity index (χ0) is 14.3. The van der Waals surface area contributed by atoms with Gasteiger partial charge >= 0.3 is 6.03 Å². The molecular formula is C14H12ClN3O2. The summed E-state index contributed by atoms with van der Waals surface area (Å²) in [6.45, 7) is 2.11. The van der Waals surface area contributed by atoms with Crippen molar-refractivity contribution in [1.82, 2.24) is 10.3 Å². The van der Waals surface area contributed by atoms with Crippen LogP contribution >= 0.6 is 11.6 Å². The van der Waals surface area contributed by atoms with Crippen LogP contribution in [-0.4, -0.2) is 23.5 Å². The maximum Gasteiger partial charge on any atom is 0.328 e. The largest absolute Gasteiger partial charge is 0.328 e. The molecule has 3 rings (SSSR count). The van der Waals surface area contributed by atoms with E-state index in [1.54, 1.807) is 31.3 Å². The van der Waals surface area contributed by atoms with Crippen LogP contribution in [-0.2, 0) is 4.79 Å². The highest BCUT2D eigenvalue weighted by atomic mass is 35.5. The summed E-state index contributed by atoms with van der Waals surface area (Å²) < 4.78 is 0. The minimum Gasteiger partial charge on any atom is -0.291 e. The zero-order valence-electron chi connectivity index (χ0n) is 10.8. The Morgan fingerprint density at radius 1 is 1.35 bits per heavy atom. The number of nitrogens with zero attached hydrogens (tertiary/aromatic N) is 2. The molecule has 0 radical (unpaired) electrons. The summed E-state index contributed by atoms with van der Waals surface area (Å²) >= 11 is 6.14. The second kappa shape index (κ2) is 4.76. The first kappa shape index (κ1) is 12.9. The molecule has 1 aromatic carbocycles. The standard InChI is InChI=1S/C14H12ClN3O2/c1-8-7-18(14(20)17-13(8)19)11-5-4-10(15)9-3-2-6-16-12(9)11/h2-6,8H,7H2,1H3,(H,17,19,20). The molecule has 0 aliphatic carbocycles. The van der Waals surface area contributed by atoms with Gasteiger partial charge in [0.15, 0.2) is 0 Å². The smallest absolute Gasteiger partial charge is 0.291 e. The molecule has 1 saturated heterocycles.